The van der Waals surface area contributed by atoms with Crippen molar-refractivity contribution in [2.75, 3.05) is 31.1 Å². The highest BCUT2D eigenvalue weighted by atomic mass is 16.1. The molecule has 0 saturated carbocycles. The van der Waals surface area contributed by atoms with Gasteiger partial charge < -0.3 is 4.90 Å². The van der Waals surface area contributed by atoms with E-state index < -0.39 is 0 Å². The largest absolute Gasteiger partial charge is 0.338 e. The Morgan fingerprint density at radius 2 is 1.84 bits per heavy atom. The van der Waals surface area contributed by atoms with Gasteiger partial charge in [-0.25, -0.2) is 9.97 Å². The first kappa shape index (κ1) is 16.2. The number of Topliss-reactive ketones (excluding diaryl/α,β-unsaturated/α-hetero) is 1. The maximum atomic E-state index is 12.1. The van der Waals surface area contributed by atoms with Crippen LogP contribution in [-0.2, 0) is 13.0 Å². The van der Waals surface area contributed by atoms with Gasteiger partial charge in [-0.1, -0.05) is 37.3 Å². The summed E-state index contributed by atoms with van der Waals surface area (Å²) in [6.45, 7) is 6.97. The van der Waals surface area contributed by atoms with Crippen LogP contribution >= 0.6 is 0 Å². The number of hydrogen-bond donors (Lipinski definition) is 0. The van der Waals surface area contributed by atoms with Crippen LogP contribution in [-0.4, -0.2) is 46.8 Å². The van der Waals surface area contributed by atoms with E-state index in [1.54, 1.807) is 6.20 Å². The minimum absolute atomic E-state index is 0.188. The maximum Gasteiger partial charge on any atom is 0.225 e. The van der Waals surface area contributed by atoms with Gasteiger partial charge in [0.05, 0.1) is 11.3 Å². The SMILES string of the molecule is C[C@@H]1CC(=O)c2cnc(N3CCN(Cc4ccccc4)CC3)nc2C1. The van der Waals surface area contributed by atoms with Crippen molar-refractivity contribution in [2.24, 2.45) is 5.92 Å². The van der Waals surface area contributed by atoms with Crippen molar-refractivity contribution in [1.82, 2.24) is 14.9 Å². The lowest BCUT2D eigenvalue weighted by atomic mass is 9.88. The Labute approximate surface area is 148 Å². The zero-order valence-corrected chi connectivity index (χ0v) is 14.7. The third kappa shape index (κ3) is 3.56. The van der Waals surface area contributed by atoms with E-state index in [1.807, 2.05) is 0 Å². The molecule has 0 spiro atoms. The molecule has 1 aliphatic heterocycles. The van der Waals surface area contributed by atoms with Crippen molar-refractivity contribution < 1.29 is 4.79 Å². The Hall–Kier alpha value is -2.27. The topological polar surface area (TPSA) is 49.3 Å². The first-order valence-electron chi connectivity index (χ1n) is 9.09. The van der Waals surface area contributed by atoms with E-state index >= 15 is 0 Å². The Bertz CT molecular complexity index is 754. The molecule has 1 aromatic carbocycles. The zero-order chi connectivity index (χ0) is 17.2. The van der Waals surface area contributed by atoms with Gasteiger partial charge in [0.1, 0.15) is 0 Å². The molecule has 5 nitrogen and oxygen atoms in total. The molecule has 1 aliphatic carbocycles. The van der Waals surface area contributed by atoms with Gasteiger partial charge in [0.15, 0.2) is 5.78 Å². The number of rotatable bonds is 3. The predicted octanol–water partition coefficient (Wildman–Crippen LogP) is 2.56. The molecule has 2 aliphatic rings. The van der Waals surface area contributed by atoms with E-state index in [0.29, 0.717) is 12.3 Å². The monoisotopic (exact) mass is 336 g/mol. The normalized spacial score (nSPS) is 21.2. The van der Waals surface area contributed by atoms with Crippen LogP contribution in [0.4, 0.5) is 5.95 Å². The van der Waals surface area contributed by atoms with Crippen LogP contribution in [0.3, 0.4) is 0 Å². The number of aromatic nitrogens is 2. The summed E-state index contributed by atoms with van der Waals surface area (Å²) in [4.78, 5) is 26.0. The molecule has 0 unspecified atom stereocenters. The van der Waals surface area contributed by atoms with E-state index in [-0.39, 0.29) is 5.78 Å². The second-order valence-electron chi connectivity index (χ2n) is 7.22. The predicted molar refractivity (Wildman–Crippen MR) is 97.8 cm³/mol. The average molecular weight is 336 g/mol. The maximum absolute atomic E-state index is 12.1. The fourth-order valence-electron chi connectivity index (χ4n) is 3.72. The Morgan fingerprint density at radius 1 is 1.08 bits per heavy atom. The number of nitrogens with zero attached hydrogens (tertiary/aromatic N) is 4. The summed E-state index contributed by atoms with van der Waals surface area (Å²) in [7, 11) is 0. The van der Waals surface area contributed by atoms with E-state index in [4.69, 9.17) is 4.98 Å². The van der Waals surface area contributed by atoms with Gasteiger partial charge in [-0.2, -0.15) is 0 Å². The molecule has 0 radical (unpaired) electrons. The van der Waals surface area contributed by atoms with Crippen molar-refractivity contribution in [3.8, 4) is 0 Å². The fourth-order valence-corrected chi connectivity index (χ4v) is 3.72. The quantitative estimate of drug-likeness (QED) is 0.862. The number of piperazine rings is 1. The highest BCUT2D eigenvalue weighted by Crippen LogP contribution is 2.25. The molecule has 0 bridgehead atoms. The molecular formula is C20H24N4O. The van der Waals surface area contributed by atoms with Gasteiger partial charge in [0.25, 0.3) is 0 Å². The van der Waals surface area contributed by atoms with Gasteiger partial charge in [0, 0.05) is 45.3 Å². The second-order valence-corrected chi connectivity index (χ2v) is 7.22. The number of fused-ring (bicyclic) bond motifs is 1. The zero-order valence-electron chi connectivity index (χ0n) is 14.7. The molecule has 4 rings (SSSR count). The fraction of sp³-hybridized carbons (Fsp3) is 0.450. The molecule has 0 amide bonds. The molecule has 5 heteroatoms. The summed E-state index contributed by atoms with van der Waals surface area (Å²) in [6, 6.07) is 10.6. The molecule has 2 heterocycles. The van der Waals surface area contributed by atoms with Crippen molar-refractivity contribution in [1.29, 1.82) is 0 Å². The van der Waals surface area contributed by atoms with Crippen molar-refractivity contribution >= 4 is 11.7 Å². The first-order valence-corrected chi connectivity index (χ1v) is 9.09. The Kier molecular flexibility index (Phi) is 4.49. The summed E-state index contributed by atoms with van der Waals surface area (Å²) in [5.74, 6) is 1.35. The summed E-state index contributed by atoms with van der Waals surface area (Å²) in [6.07, 6.45) is 3.24. The van der Waals surface area contributed by atoms with Gasteiger partial charge in [-0.15, -0.1) is 0 Å². The Morgan fingerprint density at radius 3 is 2.60 bits per heavy atom. The lowest BCUT2D eigenvalue weighted by Crippen LogP contribution is -2.46. The number of ketones is 1. The first-order chi connectivity index (χ1) is 12.2. The molecule has 1 atom stereocenters. The van der Waals surface area contributed by atoms with Crippen LogP contribution in [0.5, 0.6) is 0 Å². The standard InChI is InChI=1S/C20H24N4O/c1-15-11-18-17(19(25)12-15)13-21-20(22-18)24-9-7-23(8-10-24)14-16-5-3-2-4-6-16/h2-6,13,15H,7-12,14H2,1H3/t15-/m0/s1. The molecule has 1 fully saturated rings. The second kappa shape index (κ2) is 6.92. The van der Waals surface area contributed by atoms with Crippen LogP contribution < -0.4 is 4.90 Å². The summed E-state index contributed by atoms with van der Waals surface area (Å²) in [5.41, 5.74) is 3.01. The highest BCUT2D eigenvalue weighted by Gasteiger charge is 2.26. The minimum atomic E-state index is 0.188. The number of carbonyl (C=O) groups is 1. The minimum Gasteiger partial charge on any atom is -0.338 e. The molecule has 0 N–H and O–H groups in total. The number of carbonyl (C=O) groups excluding carboxylic acids is 1. The van der Waals surface area contributed by atoms with Crippen LogP contribution in [0.15, 0.2) is 36.5 Å². The average Bonchev–Trinajstić information content (AvgIpc) is 2.62. The Balaban J connectivity index is 1.41. The van der Waals surface area contributed by atoms with E-state index in [2.05, 4.69) is 52.0 Å². The number of hydrogen-bond acceptors (Lipinski definition) is 5. The van der Waals surface area contributed by atoms with Gasteiger partial charge in [-0.05, 0) is 17.9 Å². The third-order valence-corrected chi connectivity index (χ3v) is 5.14. The van der Waals surface area contributed by atoms with Crippen LogP contribution in [0.1, 0.15) is 35.0 Å². The summed E-state index contributed by atoms with van der Waals surface area (Å²) < 4.78 is 0. The third-order valence-electron chi connectivity index (χ3n) is 5.14. The smallest absolute Gasteiger partial charge is 0.225 e. The molecular weight excluding hydrogens is 312 g/mol. The van der Waals surface area contributed by atoms with Crippen LogP contribution in [0, 0.1) is 5.92 Å². The van der Waals surface area contributed by atoms with Crippen LogP contribution in [0.25, 0.3) is 0 Å². The van der Waals surface area contributed by atoms with E-state index in [0.717, 1.165) is 56.4 Å². The van der Waals surface area contributed by atoms with E-state index in [1.165, 1.54) is 5.56 Å². The lowest BCUT2D eigenvalue weighted by Gasteiger charge is -2.35. The lowest BCUT2D eigenvalue weighted by molar-refractivity contribution is 0.0951. The van der Waals surface area contributed by atoms with Gasteiger partial charge >= 0.3 is 0 Å². The van der Waals surface area contributed by atoms with Crippen LogP contribution in [0.2, 0.25) is 0 Å². The molecule has 1 saturated heterocycles. The van der Waals surface area contributed by atoms with Crippen molar-refractivity contribution in [2.45, 2.75) is 26.3 Å². The van der Waals surface area contributed by atoms with Crippen molar-refractivity contribution in [3.05, 3.63) is 53.3 Å². The highest BCUT2D eigenvalue weighted by molar-refractivity contribution is 5.98. The number of anilines is 1. The molecule has 25 heavy (non-hydrogen) atoms. The molecule has 2 aromatic rings. The summed E-state index contributed by atoms with van der Waals surface area (Å²) in [5, 5.41) is 0. The number of benzene rings is 1. The molecule has 1 aromatic heterocycles. The van der Waals surface area contributed by atoms with Gasteiger partial charge in [0.2, 0.25) is 5.95 Å². The van der Waals surface area contributed by atoms with E-state index in [9.17, 15) is 4.79 Å². The summed E-state index contributed by atoms with van der Waals surface area (Å²) >= 11 is 0. The van der Waals surface area contributed by atoms with Crippen molar-refractivity contribution in [3.63, 3.8) is 0 Å². The molecule has 130 valence electrons. The van der Waals surface area contributed by atoms with Gasteiger partial charge in [-0.3, -0.25) is 9.69 Å².